The lowest BCUT2D eigenvalue weighted by Crippen LogP contribution is -2.48. The fourth-order valence-corrected chi connectivity index (χ4v) is 4.75. The molecule has 0 amide bonds. The van der Waals surface area contributed by atoms with Gasteiger partial charge in [0.15, 0.2) is 0 Å². The fraction of sp³-hybridized carbons (Fsp3) is 0.923. The van der Waals surface area contributed by atoms with Gasteiger partial charge in [0.1, 0.15) is 15.9 Å². The van der Waals surface area contributed by atoms with Crippen molar-refractivity contribution in [3.63, 3.8) is 0 Å². The summed E-state index contributed by atoms with van der Waals surface area (Å²) in [6.07, 6.45) is 5.28. The van der Waals surface area contributed by atoms with Gasteiger partial charge >= 0.3 is 5.97 Å². The summed E-state index contributed by atoms with van der Waals surface area (Å²) in [5, 5.41) is 9.06. The van der Waals surface area contributed by atoms with E-state index in [0.29, 0.717) is 6.42 Å². The fourth-order valence-electron chi connectivity index (χ4n) is 3.58. The first-order valence-electron chi connectivity index (χ1n) is 6.98. The van der Waals surface area contributed by atoms with Gasteiger partial charge in [0.25, 0.3) is 0 Å². The summed E-state index contributed by atoms with van der Waals surface area (Å²) in [5.74, 6) is -0.623. The molecule has 0 aromatic heterocycles. The molecule has 5 nitrogen and oxygen atoms in total. The third-order valence-corrected chi connectivity index (χ3v) is 6.30. The Bertz CT molecular complexity index is 448. The van der Waals surface area contributed by atoms with Gasteiger partial charge in [-0.25, -0.2) is 8.42 Å². The van der Waals surface area contributed by atoms with Gasteiger partial charge in [-0.15, -0.1) is 0 Å². The summed E-state index contributed by atoms with van der Waals surface area (Å²) < 4.78 is 23.4. The van der Waals surface area contributed by atoms with Crippen LogP contribution in [-0.2, 0) is 14.6 Å². The lowest BCUT2D eigenvalue weighted by Gasteiger charge is -2.37. The van der Waals surface area contributed by atoms with Gasteiger partial charge in [0.05, 0.1) is 5.25 Å². The number of hydrogen-bond donors (Lipinski definition) is 1. The maximum absolute atomic E-state index is 11.7. The van der Waals surface area contributed by atoms with Gasteiger partial charge in [-0.3, -0.25) is 9.69 Å². The van der Waals surface area contributed by atoms with E-state index in [4.69, 9.17) is 0 Å². The Balaban J connectivity index is 2.11. The molecule has 2 aliphatic rings. The molecule has 1 aliphatic heterocycles. The largest absolute Gasteiger partial charge is 0.480 e. The van der Waals surface area contributed by atoms with Crippen molar-refractivity contribution in [3.8, 4) is 0 Å². The maximum Gasteiger partial charge on any atom is 0.321 e. The number of hydrogen-bond acceptors (Lipinski definition) is 4. The van der Waals surface area contributed by atoms with Crippen LogP contribution in [0.1, 0.15) is 39.0 Å². The third kappa shape index (κ3) is 3.11. The van der Waals surface area contributed by atoms with E-state index in [1.807, 2.05) is 11.8 Å². The predicted molar refractivity (Wildman–Crippen MR) is 72.8 cm³/mol. The monoisotopic (exact) mass is 289 g/mol. The lowest BCUT2D eigenvalue weighted by molar-refractivity contribution is -0.144. The van der Waals surface area contributed by atoms with Crippen molar-refractivity contribution in [1.29, 1.82) is 0 Å². The molecular formula is C13H23NO4S. The summed E-state index contributed by atoms with van der Waals surface area (Å²) in [5.41, 5.74) is 0. The normalized spacial score (nSPS) is 37.4. The first-order valence-corrected chi connectivity index (χ1v) is 8.93. The van der Waals surface area contributed by atoms with E-state index in [1.165, 1.54) is 6.26 Å². The van der Waals surface area contributed by atoms with Crippen LogP contribution >= 0.6 is 0 Å². The Morgan fingerprint density at radius 3 is 2.53 bits per heavy atom. The molecule has 0 spiro atoms. The van der Waals surface area contributed by atoms with Crippen LogP contribution in [0.5, 0.6) is 0 Å². The number of nitrogens with zero attached hydrogens (tertiary/aromatic N) is 1. The van der Waals surface area contributed by atoms with Crippen LogP contribution in [0.15, 0.2) is 0 Å². The first kappa shape index (κ1) is 14.8. The van der Waals surface area contributed by atoms with Gasteiger partial charge < -0.3 is 5.11 Å². The van der Waals surface area contributed by atoms with Crippen molar-refractivity contribution < 1.29 is 18.3 Å². The summed E-state index contributed by atoms with van der Waals surface area (Å²) in [7, 11) is -3.01. The van der Waals surface area contributed by atoms with Crippen LogP contribution in [-0.4, -0.2) is 54.5 Å². The van der Waals surface area contributed by atoms with E-state index in [1.54, 1.807) is 0 Å². The summed E-state index contributed by atoms with van der Waals surface area (Å²) in [4.78, 5) is 13.4. The Hall–Kier alpha value is -0.620. The van der Waals surface area contributed by atoms with E-state index in [0.717, 1.165) is 32.2 Å². The standard InChI is InChI=1S/C13H23NO4S/c1-9-6-7-14(12(9)13(15)16)10-4-3-5-11(8-10)19(2,17)18/h9-12H,3-8H2,1-2H3,(H,15,16). The van der Waals surface area contributed by atoms with Crippen LogP contribution in [0.2, 0.25) is 0 Å². The molecule has 0 aromatic carbocycles. The zero-order chi connectivity index (χ0) is 14.2. The second kappa shape index (κ2) is 5.40. The SMILES string of the molecule is CC1CCN(C2CCCC(S(C)(=O)=O)C2)C1C(=O)O. The number of likely N-dealkylation sites (tertiary alicyclic amines) is 1. The van der Waals surface area contributed by atoms with Crippen LogP contribution in [0.4, 0.5) is 0 Å². The average molecular weight is 289 g/mol. The lowest BCUT2D eigenvalue weighted by atomic mass is 9.92. The minimum absolute atomic E-state index is 0.111. The number of rotatable bonds is 3. The van der Waals surface area contributed by atoms with Gasteiger partial charge in [-0.05, 0) is 38.1 Å². The van der Waals surface area contributed by atoms with Crippen LogP contribution in [0, 0.1) is 5.92 Å². The summed E-state index contributed by atoms with van der Waals surface area (Å²) >= 11 is 0. The highest BCUT2D eigenvalue weighted by molar-refractivity contribution is 7.91. The van der Waals surface area contributed by atoms with Crippen LogP contribution in [0.3, 0.4) is 0 Å². The molecule has 1 aliphatic carbocycles. The number of carboxylic acids is 1. The van der Waals surface area contributed by atoms with Crippen molar-refractivity contribution in [3.05, 3.63) is 0 Å². The molecule has 4 unspecified atom stereocenters. The molecule has 4 atom stereocenters. The zero-order valence-corrected chi connectivity index (χ0v) is 12.4. The summed E-state index contributed by atoms with van der Waals surface area (Å²) in [6.45, 7) is 2.74. The van der Waals surface area contributed by atoms with E-state index in [-0.39, 0.29) is 17.2 Å². The van der Waals surface area contributed by atoms with Crippen molar-refractivity contribution >= 4 is 15.8 Å². The topological polar surface area (TPSA) is 74.7 Å². The minimum atomic E-state index is -3.01. The third-order valence-electron chi connectivity index (χ3n) is 4.66. The maximum atomic E-state index is 11.7. The van der Waals surface area contributed by atoms with Crippen molar-refractivity contribution in [1.82, 2.24) is 4.90 Å². The average Bonchev–Trinajstić information content (AvgIpc) is 2.70. The Morgan fingerprint density at radius 1 is 1.26 bits per heavy atom. The molecule has 2 fully saturated rings. The van der Waals surface area contributed by atoms with E-state index in [9.17, 15) is 18.3 Å². The molecule has 1 saturated heterocycles. The first-order chi connectivity index (χ1) is 8.80. The van der Waals surface area contributed by atoms with Gasteiger partial charge in [-0.1, -0.05) is 13.3 Å². The Morgan fingerprint density at radius 2 is 1.95 bits per heavy atom. The highest BCUT2D eigenvalue weighted by Gasteiger charge is 2.42. The Kier molecular flexibility index (Phi) is 4.20. The zero-order valence-electron chi connectivity index (χ0n) is 11.6. The van der Waals surface area contributed by atoms with E-state index in [2.05, 4.69) is 0 Å². The molecule has 6 heteroatoms. The van der Waals surface area contributed by atoms with E-state index >= 15 is 0 Å². The highest BCUT2D eigenvalue weighted by Crippen LogP contribution is 2.34. The smallest absolute Gasteiger partial charge is 0.321 e. The summed E-state index contributed by atoms with van der Waals surface area (Å²) in [6, 6.07) is -0.331. The van der Waals surface area contributed by atoms with Gasteiger partial charge in [-0.2, -0.15) is 0 Å². The Labute approximate surface area is 114 Å². The number of carboxylic acid groups (broad SMARTS) is 1. The number of aliphatic carboxylic acids is 1. The molecule has 1 heterocycles. The number of carbonyl (C=O) groups is 1. The van der Waals surface area contributed by atoms with Crippen molar-refractivity contribution in [2.75, 3.05) is 12.8 Å². The molecule has 1 saturated carbocycles. The molecule has 19 heavy (non-hydrogen) atoms. The molecule has 1 N–H and O–H groups in total. The molecular weight excluding hydrogens is 266 g/mol. The molecule has 110 valence electrons. The number of sulfone groups is 1. The minimum Gasteiger partial charge on any atom is -0.480 e. The molecule has 0 aromatic rings. The quantitative estimate of drug-likeness (QED) is 0.843. The van der Waals surface area contributed by atoms with Gasteiger partial charge in [0, 0.05) is 12.3 Å². The highest BCUT2D eigenvalue weighted by atomic mass is 32.2. The van der Waals surface area contributed by atoms with Crippen LogP contribution < -0.4 is 0 Å². The second-order valence-electron chi connectivity index (χ2n) is 6.06. The van der Waals surface area contributed by atoms with E-state index < -0.39 is 21.8 Å². The van der Waals surface area contributed by atoms with Crippen LogP contribution in [0.25, 0.3) is 0 Å². The second-order valence-corrected chi connectivity index (χ2v) is 8.38. The molecule has 0 radical (unpaired) electrons. The van der Waals surface area contributed by atoms with Crippen molar-refractivity contribution in [2.45, 2.75) is 56.4 Å². The van der Waals surface area contributed by atoms with Gasteiger partial charge in [0.2, 0.25) is 0 Å². The predicted octanol–water partition coefficient (Wildman–Crippen LogP) is 1.14. The molecule has 0 bridgehead atoms. The van der Waals surface area contributed by atoms with Crippen molar-refractivity contribution in [2.24, 2.45) is 5.92 Å². The molecule has 2 rings (SSSR count).